The molecule has 0 fully saturated rings. The maximum absolute atomic E-state index is 13.5. The Morgan fingerprint density at radius 1 is 1.00 bits per heavy atom. The minimum Gasteiger partial charge on any atom is -0.391 e. The highest BCUT2D eigenvalue weighted by atomic mass is 19.1. The van der Waals surface area contributed by atoms with Crippen LogP contribution in [-0.4, -0.2) is 35.1 Å². The van der Waals surface area contributed by atoms with Gasteiger partial charge in [0.25, 0.3) is 0 Å². The van der Waals surface area contributed by atoms with E-state index in [1.165, 1.54) is 24.6 Å². The minimum atomic E-state index is -1.00. The van der Waals surface area contributed by atoms with Crippen LogP contribution < -0.4 is 10.6 Å². The summed E-state index contributed by atoms with van der Waals surface area (Å²) in [6.45, 7) is 3.22. The van der Waals surface area contributed by atoms with E-state index < -0.39 is 23.8 Å². The SMILES string of the molecule is CCC(C[C@H](O)[C@H](Cc1cc(F)cc(F)c1)NC(C)=O)NC(=O)CCCc1ccccc1. The fourth-order valence-corrected chi connectivity index (χ4v) is 3.71. The Morgan fingerprint density at radius 2 is 1.66 bits per heavy atom. The van der Waals surface area contributed by atoms with Crippen LogP contribution in [0.25, 0.3) is 0 Å². The number of benzene rings is 2. The van der Waals surface area contributed by atoms with E-state index >= 15 is 0 Å². The van der Waals surface area contributed by atoms with Crippen LogP contribution in [0.4, 0.5) is 8.78 Å². The fourth-order valence-electron chi connectivity index (χ4n) is 3.71. The van der Waals surface area contributed by atoms with Crippen LogP contribution >= 0.6 is 0 Å². The molecule has 0 radical (unpaired) electrons. The molecule has 0 aliphatic rings. The van der Waals surface area contributed by atoms with Gasteiger partial charge in [0.15, 0.2) is 0 Å². The molecule has 1 unspecified atom stereocenters. The molecule has 0 saturated heterocycles. The van der Waals surface area contributed by atoms with Crippen LogP contribution in [0, 0.1) is 11.6 Å². The molecule has 0 spiro atoms. The van der Waals surface area contributed by atoms with Gasteiger partial charge in [-0.05, 0) is 55.4 Å². The summed E-state index contributed by atoms with van der Waals surface area (Å²) in [6.07, 6.45) is 1.78. The van der Waals surface area contributed by atoms with E-state index in [0.717, 1.165) is 12.5 Å². The summed E-state index contributed by atoms with van der Waals surface area (Å²) in [7, 11) is 0. The topological polar surface area (TPSA) is 78.4 Å². The fraction of sp³-hybridized carbons (Fsp3) is 0.440. The molecule has 2 aromatic rings. The number of hydrogen-bond acceptors (Lipinski definition) is 3. The molecule has 2 rings (SSSR count). The molecular weight excluding hydrogens is 414 g/mol. The van der Waals surface area contributed by atoms with Gasteiger partial charge < -0.3 is 15.7 Å². The lowest BCUT2D eigenvalue weighted by Crippen LogP contribution is -2.47. The maximum Gasteiger partial charge on any atom is 0.220 e. The highest BCUT2D eigenvalue weighted by Gasteiger charge is 2.25. The Kier molecular flexibility index (Phi) is 10.3. The summed E-state index contributed by atoms with van der Waals surface area (Å²) in [4.78, 5) is 24.0. The van der Waals surface area contributed by atoms with Crippen molar-refractivity contribution in [2.45, 2.75) is 70.6 Å². The van der Waals surface area contributed by atoms with E-state index in [0.29, 0.717) is 24.8 Å². The molecule has 0 bridgehead atoms. The number of hydrogen-bond donors (Lipinski definition) is 3. The second kappa shape index (κ2) is 12.9. The van der Waals surface area contributed by atoms with Crippen molar-refractivity contribution in [3.05, 3.63) is 71.3 Å². The van der Waals surface area contributed by atoms with Gasteiger partial charge in [0.1, 0.15) is 11.6 Å². The molecule has 174 valence electrons. The molecule has 7 heteroatoms. The Bertz CT molecular complexity index is 856. The molecule has 32 heavy (non-hydrogen) atoms. The molecule has 2 aromatic carbocycles. The highest BCUT2D eigenvalue weighted by molar-refractivity contribution is 5.76. The quantitative estimate of drug-likeness (QED) is 0.465. The van der Waals surface area contributed by atoms with Gasteiger partial charge in [0, 0.05) is 25.5 Å². The molecular formula is C25H32F2N2O3. The third-order valence-electron chi connectivity index (χ3n) is 5.33. The second-order valence-electron chi connectivity index (χ2n) is 8.10. The van der Waals surface area contributed by atoms with Crippen molar-refractivity contribution in [2.24, 2.45) is 0 Å². The van der Waals surface area contributed by atoms with E-state index in [9.17, 15) is 23.5 Å². The van der Waals surface area contributed by atoms with E-state index in [-0.39, 0.29) is 30.7 Å². The zero-order valence-electron chi connectivity index (χ0n) is 18.6. The van der Waals surface area contributed by atoms with Crippen molar-refractivity contribution in [1.82, 2.24) is 10.6 Å². The lowest BCUT2D eigenvalue weighted by atomic mass is 9.95. The van der Waals surface area contributed by atoms with Gasteiger partial charge in [-0.15, -0.1) is 0 Å². The number of halogens is 2. The normalized spacial score (nSPS) is 13.8. The Hall–Kier alpha value is -2.80. The van der Waals surface area contributed by atoms with Crippen molar-refractivity contribution in [1.29, 1.82) is 0 Å². The first-order valence-electron chi connectivity index (χ1n) is 11.0. The molecule has 2 amide bonds. The number of aliphatic hydroxyl groups excluding tert-OH is 1. The van der Waals surface area contributed by atoms with Gasteiger partial charge in [-0.2, -0.15) is 0 Å². The molecule has 5 nitrogen and oxygen atoms in total. The van der Waals surface area contributed by atoms with Crippen LogP contribution in [0.15, 0.2) is 48.5 Å². The molecule has 0 aliphatic heterocycles. The predicted molar refractivity (Wildman–Crippen MR) is 120 cm³/mol. The number of rotatable bonds is 12. The van der Waals surface area contributed by atoms with Gasteiger partial charge in [-0.3, -0.25) is 9.59 Å². The Labute approximate surface area is 188 Å². The lowest BCUT2D eigenvalue weighted by Gasteiger charge is -2.27. The number of carbonyl (C=O) groups is 2. The van der Waals surface area contributed by atoms with Gasteiger partial charge in [-0.1, -0.05) is 37.3 Å². The third kappa shape index (κ3) is 9.14. The lowest BCUT2D eigenvalue weighted by molar-refractivity contribution is -0.123. The minimum absolute atomic E-state index is 0.0664. The standard InChI is InChI=1S/C25H32F2N2O3/c1-3-22(29-25(32)11-7-10-18-8-5-4-6-9-18)16-24(31)23(28-17(2)30)14-19-12-20(26)15-21(27)13-19/h4-6,8-9,12-13,15,22-24,31H,3,7,10-11,14,16H2,1-2H3,(H,28,30)(H,29,32)/t22?,23-,24-/m0/s1. The summed E-state index contributed by atoms with van der Waals surface area (Å²) >= 11 is 0. The first-order valence-corrected chi connectivity index (χ1v) is 11.0. The van der Waals surface area contributed by atoms with Gasteiger partial charge >= 0.3 is 0 Å². The zero-order chi connectivity index (χ0) is 23.5. The third-order valence-corrected chi connectivity index (χ3v) is 5.33. The summed E-state index contributed by atoms with van der Waals surface area (Å²) in [5, 5.41) is 16.3. The summed E-state index contributed by atoms with van der Waals surface area (Å²) in [5.41, 5.74) is 1.51. The molecule has 3 N–H and O–H groups in total. The number of aliphatic hydroxyl groups is 1. The molecule has 0 heterocycles. The largest absolute Gasteiger partial charge is 0.391 e. The Balaban J connectivity index is 1.91. The molecule has 0 saturated carbocycles. The zero-order valence-corrected chi connectivity index (χ0v) is 18.6. The van der Waals surface area contributed by atoms with Gasteiger partial charge in [0.05, 0.1) is 12.1 Å². The maximum atomic E-state index is 13.5. The summed E-state index contributed by atoms with van der Waals surface area (Å²) in [6, 6.07) is 12.0. The molecule has 0 aliphatic carbocycles. The van der Waals surface area contributed by atoms with Crippen molar-refractivity contribution in [3.8, 4) is 0 Å². The predicted octanol–water partition coefficient (Wildman–Crippen LogP) is 3.68. The van der Waals surface area contributed by atoms with Crippen LogP contribution in [0.1, 0.15) is 50.7 Å². The Morgan fingerprint density at radius 3 is 2.25 bits per heavy atom. The van der Waals surface area contributed by atoms with Crippen LogP contribution in [0.2, 0.25) is 0 Å². The smallest absolute Gasteiger partial charge is 0.220 e. The summed E-state index contributed by atoms with van der Waals surface area (Å²) in [5.74, 6) is -1.89. The van der Waals surface area contributed by atoms with Crippen molar-refractivity contribution < 1.29 is 23.5 Å². The van der Waals surface area contributed by atoms with Crippen LogP contribution in [-0.2, 0) is 22.4 Å². The van der Waals surface area contributed by atoms with Crippen molar-refractivity contribution >= 4 is 11.8 Å². The molecule has 3 atom stereocenters. The van der Waals surface area contributed by atoms with Gasteiger partial charge in [-0.25, -0.2) is 8.78 Å². The van der Waals surface area contributed by atoms with E-state index in [1.54, 1.807) is 0 Å². The average Bonchev–Trinajstić information content (AvgIpc) is 2.72. The monoisotopic (exact) mass is 446 g/mol. The summed E-state index contributed by atoms with van der Waals surface area (Å²) < 4.78 is 27.0. The number of nitrogens with one attached hydrogen (secondary N) is 2. The first-order chi connectivity index (χ1) is 15.3. The van der Waals surface area contributed by atoms with Crippen LogP contribution in [0.3, 0.4) is 0 Å². The number of aryl methyl sites for hydroxylation is 1. The van der Waals surface area contributed by atoms with Crippen LogP contribution in [0.5, 0.6) is 0 Å². The highest BCUT2D eigenvalue weighted by Crippen LogP contribution is 2.15. The molecule has 0 aromatic heterocycles. The van der Waals surface area contributed by atoms with Crippen molar-refractivity contribution in [3.63, 3.8) is 0 Å². The first kappa shape index (κ1) is 25.5. The average molecular weight is 447 g/mol. The van der Waals surface area contributed by atoms with Crippen molar-refractivity contribution in [2.75, 3.05) is 0 Å². The number of amides is 2. The van der Waals surface area contributed by atoms with Gasteiger partial charge in [0.2, 0.25) is 11.8 Å². The van der Waals surface area contributed by atoms with E-state index in [2.05, 4.69) is 10.6 Å². The second-order valence-corrected chi connectivity index (χ2v) is 8.10. The van der Waals surface area contributed by atoms with E-state index in [4.69, 9.17) is 0 Å². The number of carbonyl (C=O) groups excluding carboxylic acids is 2. The van der Waals surface area contributed by atoms with E-state index in [1.807, 2.05) is 37.3 Å².